The molecular formula is C48H83NO10P+. The van der Waals surface area contributed by atoms with Crippen LogP contribution in [0.5, 0.6) is 0 Å². The summed E-state index contributed by atoms with van der Waals surface area (Å²) in [7, 11) is 1.40. The third-order valence-corrected chi connectivity index (χ3v) is 11.8. The molecule has 344 valence electrons. The summed E-state index contributed by atoms with van der Waals surface area (Å²) in [5.74, 6) is 1.37. The van der Waals surface area contributed by atoms with Crippen LogP contribution in [-0.4, -0.2) is 87.1 Å². The van der Waals surface area contributed by atoms with Gasteiger partial charge in [0.1, 0.15) is 31.3 Å². The maximum absolute atomic E-state index is 12.8. The maximum atomic E-state index is 12.8. The van der Waals surface area contributed by atoms with Crippen molar-refractivity contribution in [3.8, 4) is 0 Å². The molecule has 1 aliphatic heterocycles. The van der Waals surface area contributed by atoms with Crippen LogP contribution in [0.15, 0.2) is 40.9 Å². The lowest BCUT2D eigenvalue weighted by atomic mass is 10.0. The van der Waals surface area contributed by atoms with Gasteiger partial charge in [-0.2, -0.15) is 0 Å². The van der Waals surface area contributed by atoms with Gasteiger partial charge in [-0.25, -0.2) is 4.57 Å². The Morgan fingerprint density at radius 3 is 1.92 bits per heavy atom. The average molecular weight is 865 g/mol. The molecule has 12 heteroatoms. The van der Waals surface area contributed by atoms with Crippen molar-refractivity contribution in [2.45, 2.75) is 187 Å². The number of epoxide rings is 1. The number of nitrogens with zero attached hydrogens (tertiary/aromatic N) is 1. The molecule has 0 amide bonds. The predicted octanol–water partition coefficient (Wildman–Crippen LogP) is 11.6. The van der Waals surface area contributed by atoms with Gasteiger partial charge in [-0.1, -0.05) is 102 Å². The van der Waals surface area contributed by atoms with Gasteiger partial charge in [0, 0.05) is 25.7 Å². The smallest absolute Gasteiger partial charge is 0.466 e. The predicted molar refractivity (Wildman–Crippen MR) is 241 cm³/mol. The average Bonchev–Trinajstić information content (AvgIpc) is 3.89. The lowest BCUT2D eigenvalue weighted by Crippen LogP contribution is -2.37. The first kappa shape index (κ1) is 53.6. The number of rotatable bonds is 37. The Kier molecular flexibility index (Phi) is 28.0. The third kappa shape index (κ3) is 26.7. The number of furan rings is 1. The van der Waals surface area contributed by atoms with Crippen molar-refractivity contribution in [3.63, 3.8) is 0 Å². The Morgan fingerprint density at radius 1 is 0.700 bits per heavy atom. The van der Waals surface area contributed by atoms with Gasteiger partial charge in [0.15, 0.2) is 6.10 Å². The number of ether oxygens (including phenoxy) is 3. The summed E-state index contributed by atoms with van der Waals surface area (Å²) in [5.41, 5.74) is 2.60. The fourth-order valence-corrected chi connectivity index (χ4v) is 7.44. The SMILES string of the molecule is CCCCC/C=C\C/C=C\CC1OC1C/C=C\CCCC(=O)O[C@H](COC(=O)CCCCCCCCc1oc(CCCCC)c(C)c1C)COP(=O)(O)OCC[N+](C)(C)C. The molecule has 0 aliphatic carbocycles. The molecule has 0 spiro atoms. The Labute approximate surface area is 363 Å². The lowest BCUT2D eigenvalue weighted by molar-refractivity contribution is -0.870. The van der Waals surface area contributed by atoms with Crippen molar-refractivity contribution < 1.29 is 51.2 Å². The van der Waals surface area contributed by atoms with Crippen LogP contribution in [-0.2, 0) is 50.3 Å². The summed E-state index contributed by atoms with van der Waals surface area (Å²) in [5, 5.41) is 0. The molecule has 60 heavy (non-hydrogen) atoms. The van der Waals surface area contributed by atoms with Gasteiger partial charge in [0.05, 0.1) is 40.0 Å². The minimum Gasteiger partial charge on any atom is -0.466 e. The molecule has 1 aliphatic rings. The molecule has 1 fully saturated rings. The van der Waals surface area contributed by atoms with Gasteiger partial charge < -0.3 is 28.0 Å². The first-order chi connectivity index (χ1) is 28.7. The Morgan fingerprint density at radius 2 is 1.25 bits per heavy atom. The van der Waals surface area contributed by atoms with Gasteiger partial charge in [-0.15, -0.1) is 0 Å². The van der Waals surface area contributed by atoms with Crippen molar-refractivity contribution in [3.05, 3.63) is 59.1 Å². The first-order valence-corrected chi connectivity index (χ1v) is 24.7. The van der Waals surface area contributed by atoms with E-state index in [9.17, 15) is 19.0 Å². The number of phosphoric ester groups is 1. The van der Waals surface area contributed by atoms with Crippen LogP contribution < -0.4 is 0 Å². The molecule has 0 saturated carbocycles. The second-order valence-electron chi connectivity index (χ2n) is 17.4. The van der Waals surface area contributed by atoms with Crippen molar-refractivity contribution in [2.75, 3.05) is 47.5 Å². The molecule has 3 unspecified atom stereocenters. The molecule has 0 aromatic carbocycles. The maximum Gasteiger partial charge on any atom is 0.472 e. The molecule has 4 atom stereocenters. The summed E-state index contributed by atoms with van der Waals surface area (Å²) in [6.07, 6.45) is 33.4. The minimum absolute atomic E-state index is 0.00924. The third-order valence-electron chi connectivity index (χ3n) is 10.8. The number of hydrogen-bond acceptors (Lipinski definition) is 9. The number of carbonyl (C=O) groups is 2. The zero-order valence-electron chi connectivity index (χ0n) is 38.6. The summed E-state index contributed by atoms with van der Waals surface area (Å²) >= 11 is 0. The number of aryl methyl sites for hydroxylation is 2. The van der Waals surface area contributed by atoms with Crippen LogP contribution in [0, 0.1) is 13.8 Å². The normalized spacial score (nSPS) is 17.2. The molecule has 1 saturated heterocycles. The van der Waals surface area contributed by atoms with Crippen LogP contribution in [0.2, 0.25) is 0 Å². The van der Waals surface area contributed by atoms with E-state index in [1.165, 1.54) is 49.7 Å². The number of carbonyl (C=O) groups excluding carboxylic acids is 2. The summed E-state index contributed by atoms with van der Waals surface area (Å²) in [6.45, 7) is 8.56. The standard InChI is InChI=1S/C48H82NO10P/c1-8-10-12-13-14-15-16-20-26-32-45-46(59-45)33-27-22-23-29-35-48(51)57-42(39-56-60(52,53)55-37-36-49(5,6)7)38-54-47(50)34-28-21-18-17-19-25-31-44-41(4)40(3)43(58-44)30-24-11-9-2/h14-15,20,22,26-27,42,45-46H,8-13,16-19,21,23-25,28-39H2,1-7H3/p+1/b15-14-,26-20-,27-22-/t42-,45?,46?/m1/s1. The van der Waals surface area contributed by atoms with Gasteiger partial charge in [-0.3, -0.25) is 18.6 Å². The second kappa shape index (κ2) is 31.3. The number of hydrogen-bond donors (Lipinski definition) is 1. The second-order valence-corrected chi connectivity index (χ2v) is 18.9. The highest BCUT2D eigenvalue weighted by molar-refractivity contribution is 7.47. The number of esters is 2. The van der Waals surface area contributed by atoms with Gasteiger partial charge >= 0.3 is 19.8 Å². The fourth-order valence-electron chi connectivity index (χ4n) is 6.70. The molecule has 1 aromatic rings. The summed E-state index contributed by atoms with van der Waals surface area (Å²) in [6, 6.07) is 0. The number of likely N-dealkylation sites (N-methyl/N-ethyl adjacent to an activating group) is 1. The molecule has 0 bridgehead atoms. The van der Waals surface area contributed by atoms with Crippen LogP contribution in [0.1, 0.15) is 165 Å². The Balaban J connectivity index is 1.67. The van der Waals surface area contributed by atoms with Crippen LogP contribution in [0.3, 0.4) is 0 Å². The molecule has 2 rings (SSSR count). The quantitative estimate of drug-likeness (QED) is 0.0172. The van der Waals surface area contributed by atoms with E-state index in [4.69, 9.17) is 27.7 Å². The molecule has 0 radical (unpaired) electrons. The fraction of sp³-hybridized carbons (Fsp3) is 0.750. The van der Waals surface area contributed by atoms with E-state index in [0.717, 1.165) is 82.1 Å². The highest BCUT2D eigenvalue weighted by atomic mass is 31.2. The van der Waals surface area contributed by atoms with E-state index in [1.54, 1.807) is 0 Å². The molecule has 2 heterocycles. The Bertz CT molecular complexity index is 1460. The van der Waals surface area contributed by atoms with E-state index in [2.05, 4.69) is 64.2 Å². The molecular weight excluding hydrogens is 781 g/mol. The van der Waals surface area contributed by atoms with E-state index < -0.39 is 32.5 Å². The molecule has 1 aromatic heterocycles. The highest BCUT2D eigenvalue weighted by Gasteiger charge is 2.36. The molecule has 1 N–H and O–H groups in total. The van der Waals surface area contributed by atoms with Crippen molar-refractivity contribution in [1.29, 1.82) is 0 Å². The number of unbranched alkanes of at least 4 members (excludes halogenated alkanes) is 11. The number of quaternary nitrogens is 1. The van der Waals surface area contributed by atoms with E-state index in [1.807, 2.05) is 21.1 Å². The van der Waals surface area contributed by atoms with Crippen LogP contribution in [0.4, 0.5) is 0 Å². The van der Waals surface area contributed by atoms with Crippen LogP contribution >= 0.6 is 7.82 Å². The first-order valence-electron chi connectivity index (χ1n) is 23.2. The molecule has 11 nitrogen and oxygen atoms in total. The monoisotopic (exact) mass is 865 g/mol. The highest BCUT2D eigenvalue weighted by Crippen LogP contribution is 2.43. The Hall–Kier alpha value is -2.53. The van der Waals surface area contributed by atoms with Crippen LogP contribution in [0.25, 0.3) is 0 Å². The van der Waals surface area contributed by atoms with Gasteiger partial charge in [0.25, 0.3) is 0 Å². The zero-order valence-corrected chi connectivity index (χ0v) is 39.5. The summed E-state index contributed by atoms with van der Waals surface area (Å²) in [4.78, 5) is 35.6. The topological polar surface area (TPSA) is 134 Å². The van der Waals surface area contributed by atoms with Gasteiger partial charge in [0.2, 0.25) is 0 Å². The summed E-state index contributed by atoms with van der Waals surface area (Å²) < 4.78 is 46.4. The zero-order chi connectivity index (χ0) is 44.1. The number of allylic oxidation sites excluding steroid dienone is 4. The van der Waals surface area contributed by atoms with Crippen molar-refractivity contribution in [2.24, 2.45) is 0 Å². The van der Waals surface area contributed by atoms with E-state index >= 15 is 0 Å². The lowest BCUT2D eigenvalue weighted by Gasteiger charge is -2.24. The largest absolute Gasteiger partial charge is 0.472 e. The number of phosphoric acid groups is 1. The minimum atomic E-state index is -4.41. The van der Waals surface area contributed by atoms with E-state index in [-0.39, 0.29) is 38.3 Å². The van der Waals surface area contributed by atoms with Crippen molar-refractivity contribution >= 4 is 19.8 Å². The van der Waals surface area contributed by atoms with Gasteiger partial charge in [-0.05, 0) is 89.2 Å². The van der Waals surface area contributed by atoms with Crippen molar-refractivity contribution in [1.82, 2.24) is 0 Å². The van der Waals surface area contributed by atoms with E-state index in [0.29, 0.717) is 30.3 Å².